The normalized spacial score (nSPS) is 14.0. The number of fused-ring (bicyclic) bond motifs is 1. The molecule has 2 heterocycles. The van der Waals surface area contributed by atoms with Crippen molar-refractivity contribution in [1.82, 2.24) is 10.4 Å². The number of amides is 2. The van der Waals surface area contributed by atoms with Crippen LogP contribution >= 0.6 is 0 Å². The molecule has 0 fully saturated rings. The summed E-state index contributed by atoms with van der Waals surface area (Å²) in [6.07, 6.45) is 2.19. The monoisotopic (exact) mass is 432 g/mol. The minimum atomic E-state index is -0.366. The zero-order chi connectivity index (χ0) is 22.5. The van der Waals surface area contributed by atoms with Crippen molar-refractivity contribution < 1.29 is 18.7 Å². The van der Waals surface area contributed by atoms with Crippen LogP contribution < -0.4 is 15.5 Å². The summed E-state index contributed by atoms with van der Waals surface area (Å²) in [5.74, 6) is 1.27. The SMILES string of the molecule is Cc1cccc(NC(=O)c2oc3c(c2C)/C(=N/NC(=O)COc2ccccc2)CCC3)n1. The Morgan fingerprint density at radius 1 is 1.09 bits per heavy atom. The number of benzene rings is 1. The van der Waals surface area contributed by atoms with Crippen LogP contribution in [0.25, 0.3) is 0 Å². The second-order valence-electron chi connectivity index (χ2n) is 7.52. The number of hydrogen-bond donors (Lipinski definition) is 2. The third-order valence-corrected chi connectivity index (χ3v) is 5.09. The van der Waals surface area contributed by atoms with Crippen molar-refractivity contribution in [3.05, 3.63) is 76.9 Å². The molecule has 0 bridgehead atoms. The molecule has 1 aliphatic rings. The van der Waals surface area contributed by atoms with Crippen LogP contribution in [-0.4, -0.2) is 29.1 Å². The molecule has 0 spiro atoms. The number of hydrazone groups is 1. The molecule has 0 unspecified atom stereocenters. The maximum atomic E-state index is 12.8. The van der Waals surface area contributed by atoms with Crippen LogP contribution in [0.2, 0.25) is 0 Å². The van der Waals surface area contributed by atoms with E-state index in [0.29, 0.717) is 41.4 Å². The minimum Gasteiger partial charge on any atom is -0.484 e. The Morgan fingerprint density at radius 3 is 2.69 bits per heavy atom. The molecule has 2 aromatic heterocycles. The zero-order valence-electron chi connectivity index (χ0n) is 18.0. The third-order valence-electron chi connectivity index (χ3n) is 5.09. The van der Waals surface area contributed by atoms with Crippen molar-refractivity contribution in [3.63, 3.8) is 0 Å². The Labute approximate surface area is 185 Å². The lowest BCUT2D eigenvalue weighted by atomic mass is 9.93. The molecule has 0 radical (unpaired) electrons. The van der Waals surface area contributed by atoms with E-state index in [2.05, 4.69) is 20.8 Å². The molecule has 4 rings (SSSR count). The summed E-state index contributed by atoms with van der Waals surface area (Å²) in [4.78, 5) is 29.2. The number of aromatic nitrogens is 1. The van der Waals surface area contributed by atoms with Gasteiger partial charge >= 0.3 is 0 Å². The number of carbonyl (C=O) groups excluding carboxylic acids is 2. The number of ether oxygens (including phenoxy) is 1. The average molecular weight is 432 g/mol. The summed E-state index contributed by atoms with van der Waals surface area (Å²) in [7, 11) is 0. The van der Waals surface area contributed by atoms with Crippen LogP contribution in [0.5, 0.6) is 5.75 Å². The van der Waals surface area contributed by atoms with Gasteiger partial charge in [-0.2, -0.15) is 5.10 Å². The van der Waals surface area contributed by atoms with Gasteiger partial charge in [-0.3, -0.25) is 9.59 Å². The van der Waals surface area contributed by atoms with Crippen LogP contribution in [-0.2, 0) is 11.2 Å². The Bertz CT molecular complexity index is 1170. The van der Waals surface area contributed by atoms with Gasteiger partial charge in [0, 0.05) is 23.2 Å². The van der Waals surface area contributed by atoms with Crippen molar-refractivity contribution in [2.24, 2.45) is 5.10 Å². The molecule has 2 N–H and O–H groups in total. The summed E-state index contributed by atoms with van der Waals surface area (Å²) >= 11 is 0. The number of nitrogens with zero attached hydrogens (tertiary/aromatic N) is 2. The summed E-state index contributed by atoms with van der Waals surface area (Å²) in [5, 5.41) is 7.08. The van der Waals surface area contributed by atoms with Gasteiger partial charge < -0.3 is 14.5 Å². The van der Waals surface area contributed by atoms with Gasteiger partial charge in [-0.15, -0.1) is 0 Å². The van der Waals surface area contributed by atoms with Crippen molar-refractivity contribution in [1.29, 1.82) is 0 Å². The number of carbonyl (C=O) groups is 2. The van der Waals surface area contributed by atoms with Gasteiger partial charge in [0.2, 0.25) is 0 Å². The highest BCUT2D eigenvalue weighted by atomic mass is 16.5. The van der Waals surface area contributed by atoms with E-state index in [-0.39, 0.29) is 24.2 Å². The van der Waals surface area contributed by atoms with E-state index in [9.17, 15) is 9.59 Å². The van der Waals surface area contributed by atoms with Gasteiger partial charge in [0.15, 0.2) is 12.4 Å². The molecule has 8 heteroatoms. The number of hydrogen-bond acceptors (Lipinski definition) is 6. The first-order valence-corrected chi connectivity index (χ1v) is 10.4. The fraction of sp³-hybridized carbons (Fsp3) is 0.250. The van der Waals surface area contributed by atoms with Crippen molar-refractivity contribution >= 4 is 23.3 Å². The molecular formula is C24H24N4O4. The van der Waals surface area contributed by atoms with E-state index in [0.717, 1.165) is 17.7 Å². The molecular weight excluding hydrogens is 408 g/mol. The average Bonchev–Trinajstić information content (AvgIpc) is 3.14. The molecule has 1 aromatic carbocycles. The Morgan fingerprint density at radius 2 is 1.91 bits per heavy atom. The third kappa shape index (κ3) is 4.85. The van der Waals surface area contributed by atoms with Crippen LogP contribution in [0, 0.1) is 13.8 Å². The molecule has 32 heavy (non-hydrogen) atoms. The quantitative estimate of drug-likeness (QED) is 0.577. The standard InChI is InChI=1S/C24H24N4O4/c1-15-8-6-13-20(25-15)26-24(30)23-16(2)22-18(11-7-12-19(22)32-23)27-28-21(29)14-31-17-9-4-3-5-10-17/h3-6,8-10,13H,7,11-12,14H2,1-2H3,(H,28,29)(H,25,26,30)/b27-18+. The molecule has 0 aliphatic heterocycles. The molecule has 3 aromatic rings. The van der Waals surface area contributed by atoms with Crippen LogP contribution in [0.1, 0.15) is 46.0 Å². The zero-order valence-corrected chi connectivity index (χ0v) is 18.0. The molecule has 0 saturated carbocycles. The molecule has 8 nitrogen and oxygen atoms in total. The Kier molecular flexibility index (Phi) is 6.30. The van der Waals surface area contributed by atoms with Crippen molar-refractivity contribution in [3.8, 4) is 5.75 Å². The van der Waals surface area contributed by atoms with E-state index in [1.165, 1.54) is 0 Å². The Hall–Kier alpha value is -3.94. The van der Waals surface area contributed by atoms with Gasteiger partial charge in [-0.1, -0.05) is 24.3 Å². The number of aryl methyl sites for hydroxylation is 2. The number of rotatable bonds is 6. The minimum absolute atomic E-state index is 0.144. The second kappa shape index (κ2) is 9.47. The molecule has 1 aliphatic carbocycles. The van der Waals surface area contributed by atoms with E-state index in [1.54, 1.807) is 18.2 Å². The highest BCUT2D eigenvalue weighted by molar-refractivity contribution is 6.09. The van der Waals surface area contributed by atoms with Crippen LogP contribution in [0.15, 0.2) is 58.0 Å². The molecule has 2 amide bonds. The summed E-state index contributed by atoms with van der Waals surface area (Å²) in [6.45, 7) is 3.53. The number of pyridine rings is 1. The maximum absolute atomic E-state index is 12.8. The van der Waals surface area contributed by atoms with Gasteiger partial charge in [0.25, 0.3) is 11.8 Å². The largest absolute Gasteiger partial charge is 0.484 e. The topological polar surface area (TPSA) is 106 Å². The Balaban J connectivity index is 1.46. The van der Waals surface area contributed by atoms with Crippen molar-refractivity contribution in [2.45, 2.75) is 33.1 Å². The number of para-hydroxylation sites is 1. The van der Waals surface area contributed by atoms with E-state index in [1.807, 2.05) is 44.2 Å². The van der Waals surface area contributed by atoms with E-state index in [4.69, 9.17) is 9.15 Å². The van der Waals surface area contributed by atoms with Gasteiger partial charge in [-0.25, -0.2) is 10.4 Å². The predicted octanol–water partition coefficient (Wildman–Crippen LogP) is 3.78. The highest BCUT2D eigenvalue weighted by Crippen LogP contribution is 2.30. The van der Waals surface area contributed by atoms with E-state index < -0.39 is 0 Å². The molecule has 0 atom stereocenters. The summed E-state index contributed by atoms with van der Waals surface area (Å²) in [6, 6.07) is 14.5. The summed E-state index contributed by atoms with van der Waals surface area (Å²) in [5.41, 5.74) is 5.51. The summed E-state index contributed by atoms with van der Waals surface area (Å²) < 4.78 is 11.3. The first-order valence-electron chi connectivity index (χ1n) is 10.4. The first-order chi connectivity index (χ1) is 15.5. The lowest BCUT2D eigenvalue weighted by Crippen LogP contribution is -2.27. The molecule has 0 saturated heterocycles. The van der Waals surface area contributed by atoms with E-state index >= 15 is 0 Å². The maximum Gasteiger partial charge on any atom is 0.292 e. The van der Waals surface area contributed by atoms with Crippen LogP contribution in [0.4, 0.5) is 5.82 Å². The number of anilines is 1. The first kappa shape index (κ1) is 21.3. The van der Waals surface area contributed by atoms with Gasteiger partial charge in [-0.05, 0) is 51.0 Å². The second-order valence-corrected chi connectivity index (χ2v) is 7.52. The fourth-order valence-electron chi connectivity index (χ4n) is 3.61. The predicted molar refractivity (Wildman–Crippen MR) is 120 cm³/mol. The highest BCUT2D eigenvalue weighted by Gasteiger charge is 2.28. The number of furan rings is 1. The molecule has 164 valence electrons. The van der Waals surface area contributed by atoms with Gasteiger partial charge in [0.1, 0.15) is 17.3 Å². The smallest absolute Gasteiger partial charge is 0.292 e. The van der Waals surface area contributed by atoms with Crippen LogP contribution in [0.3, 0.4) is 0 Å². The lowest BCUT2D eigenvalue weighted by Gasteiger charge is -2.13. The lowest BCUT2D eigenvalue weighted by molar-refractivity contribution is -0.123. The number of nitrogens with one attached hydrogen (secondary N) is 2. The fourth-order valence-corrected chi connectivity index (χ4v) is 3.61. The van der Waals surface area contributed by atoms with Gasteiger partial charge in [0.05, 0.1) is 5.71 Å². The van der Waals surface area contributed by atoms with Crippen molar-refractivity contribution in [2.75, 3.05) is 11.9 Å².